The van der Waals surface area contributed by atoms with Gasteiger partial charge >= 0.3 is 0 Å². The van der Waals surface area contributed by atoms with Gasteiger partial charge in [-0.2, -0.15) is 0 Å². The summed E-state index contributed by atoms with van der Waals surface area (Å²) in [6.45, 7) is 6.63. The summed E-state index contributed by atoms with van der Waals surface area (Å²) in [4.78, 5) is 19.8. The molecule has 2 fully saturated rings. The van der Waals surface area contributed by atoms with Crippen molar-refractivity contribution in [3.05, 3.63) is 23.8 Å². The molecule has 2 aliphatic rings. The summed E-state index contributed by atoms with van der Waals surface area (Å²) in [5.74, 6) is 2.02. The van der Waals surface area contributed by atoms with Gasteiger partial charge in [-0.1, -0.05) is 19.3 Å². The second-order valence-electron chi connectivity index (χ2n) is 8.41. The van der Waals surface area contributed by atoms with Crippen LogP contribution in [0.25, 0.3) is 0 Å². The van der Waals surface area contributed by atoms with E-state index in [4.69, 9.17) is 9.47 Å². The quantitative estimate of drug-likeness (QED) is 0.700. The third-order valence-electron chi connectivity index (χ3n) is 6.66. The van der Waals surface area contributed by atoms with E-state index < -0.39 is 0 Å². The molecule has 6 heteroatoms. The number of methoxy groups -OCH3 is 2. The highest BCUT2D eigenvalue weighted by atomic mass is 16.5. The number of likely N-dealkylation sites (N-methyl/N-ethyl adjacent to an activating group) is 1. The summed E-state index contributed by atoms with van der Waals surface area (Å²) >= 11 is 0. The van der Waals surface area contributed by atoms with Gasteiger partial charge in [0.2, 0.25) is 5.91 Å². The van der Waals surface area contributed by atoms with Crippen molar-refractivity contribution in [2.45, 2.75) is 57.7 Å². The van der Waals surface area contributed by atoms with Crippen LogP contribution in [0, 0.1) is 0 Å². The number of carbonyl (C=O) groups excluding carboxylic acids is 1. The van der Waals surface area contributed by atoms with E-state index in [1.165, 1.54) is 19.3 Å². The lowest BCUT2D eigenvalue weighted by Gasteiger charge is -2.40. The zero-order valence-electron chi connectivity index (χ0n) is 18.5. The molecule has 1 aliphatic carbocycles. The van der Waals surface area contributed by atoms with Gasteiger partial charge in [-0.15, -0.1) is 0 Å². The molecule has 6 nitrogen and oxygen atoms in total. The molecule has 0 N–H and O–H groups in total. The Labute approximate surface area is 175 Å². The van der Waals surface area contributed by atoms with Gasteiger partial charge in [0.05, 0.1) is 20.3 Å². The summed E-state index contributed by atoms with van der Waals surface area (Å²) in [5.41, 5.74) is 1.14. The van der Waals surface area contributed by atoms with Crippen LogP contribution in [-0.2, 0) is 11.3 Å². The molecular weight excluding hydrogens is 366 g/mol. The lowest BCUT2D eigenvalue weighted by Crippen LogP contribution is -2.55. The lowest BCUT2D eigenvalue weighted by atomic mass is 9.94. The Kier molecular flexibility index (Phi) is 7.78. The van der Waals surface area contributed by atoms with Gasteiger partial charge in [-0.25, -0.2) is 0 Å². The molecule has 0 bridgehead atoms. The average molecular weight is 404 g/mol. The van der Waals surface area contributed by atoms with Gasteiger partial charge in [0, 0.05) is 51.4 Å². The maximum absolute atomic E-state index is 13.0. The molecule has 0 aromatic heterocycles. The highest BCUT2D eigenvalue weighted by Gasteiger charge is 2.30. The van der Waals surface area contributed by atoms with Gasteiger partial charge in [0.15, 0.2) is 0 Å². The number of hydrogen-bond acceptors (Lipinski definition) is 5. The van der Waals surface area contributed by atoms with Gasteiger partial charge in [0.25, 0.3) is 0 Å². The van der Waals surface area contributed by atoms with Crippen molar-refractivity contribution in [1.82, 2.24) is 14.7 Å². The number of carbonyl (C=O) groups is 1. The number of nitrogens with zero attached hydrogens (tertiary/aromatic N) is 3. The lowest BCUT2D eigenvalue weighted by molar-refractivity contribution is -0.138. The minimum Gasteiger partial charge on any atom is -0.497 e. The first-order valence-corrected chi connectivity index (χ1v) is 11.0. The van der Waals surface area contributed by atoms with Gasteiger partial charge in [-0.3, -0.25) is 14.6 Å². The van der Waals surface area contributed by atoms with Gasteiger partial charge in [0.1, 0.15) is 11.5 Å². The second kappa shape index (κ2) is 10.3. The fraction of sp³-hybridized carbons (Fsp3) is 0.696. The molecular formula is C23H37N3O3. The minimum absolute atomic E-state index is 0.0459. The van der Waals surface area contributed by atoms with Crippen molar-refractivity contribution in [2.75, 3.05) is 47.4 Å². The second-order valence-corrected chi connectivity index (χ2v) is 8.41. The minimum atomic E-state index is -0.0459. The highest BCUT2D eigenvalue weighted by Crippen LogP contribution is 2.26. The fourth-order valence-electron chi connectivity index (χ4n) is 4.65. The molecule has 162 valence electrons. The largest absolute Gasteiger partial charge is 0.497 e. The van der Waals surface area contributed by atoms with Gasteiger partial charge < -0.3 is 14.4 Å². The molecule has 3 rings (SSSR count). The fourth-order valence-corrected chi connectivity index (χ4v) is 4.65. The summed E-state index contributed by atoms with van der Waals surface area (Å²) in [6.07, 6.45) is 6.14. The smallest absolute Gasteiger partial charge is 0.239 e. The summed E-state index contributed by atoms with van der Waals surface area (Å²) in [6, 6.07) is 6.33. The van der Waals surface area contributed by atoms with Gasteiger partial charge in [-0.05, 0) is 38.0 Å². The van der Waals surface area contributed by atoms with E-state index in [-0.39, 0.29) is 11.9 Å². The van der Waals surface area contributed by atoms with Crippen molar-refractivity contribution >= 4 is 5.91 Å². The zero-order chi connectivity index (χ0) is 20.8. The van der Waals surface area contributed by atoms with E-state index >= 15 is 0 Å². The Morgan fingerprint density at radius 1 is 1.10 bits per heavy atom. The first kappa shape index (κ1) is 21.9. The number of rotatable bonds is 7. The predicted molar refractivity (Wildman–Crippen MR) is 116 cm³/mol. The number of piperazine rings is 1. The number of amides is 1. The molecule has 1 aliphatic heterocycles. The predicted octanol–water partition coefficient (Wildman–Crippen LogP) is 3.00. The molecule has 1 aromatic rings. The maximum Gasteiger partial charge on any atom is 0.239 e. The Morgan fingerprint density at radius 3 is 2.41 bits per heavy atom. The molecule has 29 heavy (non-hydrogen) atoms. The monoisotopic (exact) mass is 403 g/mol. The van der Waals surface area contributed by atoms with E-state index in [0.717, 1.165) is 62.6 Å². The molecule has 1 aromatic carbocycles. The van der Waals surface area contributed by atoms with E-state index in [2.05, 4.69) is 22.8 Å². The third kappa shape index (κ3) is 5.43. The molecule has 1 atom stereocenters. The van der Waals surface area contributed by atoms with Crippen LogP contribution < -0.4 is 9.47 Å². The Balaban J connectivity index is 1.52. The van der Waals surface area contributed by atoms with Crippen molar-refractivity contribution in [2.24, 2.45) is 0 Å². The van der Waals surface area contributed by atoms with Crippen LogP contribution in [0.2, 0.25) is 0 Å². The molecule has 1 saturated heterocycles. The molecule has 1 saturated carbocycles. The van der Waals surface area contributed by atoms with Crippen LogP contribution in [0.5, 0.6) is 11.5 Å². The van der Waals surface area contributed by atoms with Crippen LogP contribution in [0.4, 0.5) is 0 Å². The Morgan fingerprint density at radius 2 is 1.79 bits per heavy atom. The summed E-state index contributed by atoms with van der Waals surface area (Å²) in [5, 5.41) is 0. The third-order valence-corrected chi connectivity index (χ3v) is 6.66. The Hall–Kier alpha value is -1.79. The molecule has 1 unspecified atom stereocenters. The van der Waals surface area contributed by atoms with E-state index in [1.54, 1.807) is 14.2 Å². The zero-order valence-corrected chi connectivity index (χ0v) is 18.5. The molecule has 1 heterocycles. The average Bonchev–Trinajstić information content (AvgIpc) is 2.78. The highest BCUT2D eigenvalue weighted by molar-refractivity contribution is 5.81. The first-order valence-electron chi connectivity index (χ1n) is 11.0. The molecule has 0 radical (unpaired) electrons. The van der Waals surface area contributed by atoms with Crippen molar-refractivity contribution < 1.29 is 14.3 Å². The van der Waals surface area contributed by atoms with Crippen LogP contribution in [-0.4, -0.2) is 80.1 Å². The normalized spacial score (nSPS) is 20.3. The number of benzene rings is 1. The van der Waals surface area contributed by atoms with Crippen LogP contribution >= 0.6 is 0 Å². The van der Waals surface area contributed by atoms with E-state index in [9.17, 15) is 4.79 Å². The Bertz CT molecular complexity index is 667. The topological polar surface area (TPSA) is 45.3 Å². The number of ether oxygens (including phenoxy) is 2. The molecule has 0 spiro atoms. The SMILES string of the molecule is COc1ccc(OC)c(CN2CCN(C(C)C(=O)N(C)C3CCCCC3)CC2)c1. The standard InChI is InChI=1S/C23H37N3O3/c1-18(23(27)24(2)20-8-6-5-7-9-20)26-14-12-25(13-15-26)17-19-16-21(28-3)10-11-22(19)29-4/h10-11,16,18,20H,5-9,12-15,17H2,1-4H3. The summed E-state index contributed by atoms with van der Waals surface area (Å²) in [7, 11) is 5.40. The van der Waals surface area contributed by atoms with Crippen molar-refractivity contribution in [3.8, 4) is 11.5 Å². The van der Waals surface area contributed by atoms with E-state index in [0.29, 0.717) is 6.04 Å². The first-order chi connectivity index (χ1) is 14.0. The van der Waals surface area contributed by atoms with Crippen LogP contribution in [0.15, 0.2) is 18.2 Å². The van der Waals surface area contributed by atoms with Crippen molar-refractivity contribution in [1.29, 1.82) is 0 Å². The number of hydrogen-bond donors (Lipinski definition) is 0. The van der Waals surface area contributed by atoms with Crippen LogP contribution in [0.1, 0.15) is 44.6 Å². The maximum atomic E-state index is 13.0. The van der Waals surface area contributed by atoms with Crippen molar-refractivity contribution in [3.63, 3.8) is 0 Å². The summed E-state index contributed by atoms with van der Waals surface area (Å²) < 4.78 is 10.9. The van der Waals surface area contributed by atoms with Crippen LogP contribution in [0.3, 0.4) is 0 Å². The molecule has 1 amide bonds. The van der Waals surface area contributed by atoms with E-state index in [1.807, 2.05) is 24.1 Å².